The number of nitrogens with zero attached hydrogens (tertiary/aromatic N) is 2. The molecule has 0 unspecified atom stereocenters. The van der Waals surface area contributed by atoms with E-state index in [2.05, 4.69) is 27.0 Å². The molecule has 0 atom stereocenters. The number of rotatable bonds is 14. The van der Waals surface area contributed by atoms with E-state index in [0.29, 0.717) is 63.2 Å². The average Bonchev–Trinajstić information content (AvgIpc) is 2.99. The number of pyridine rings is 1. The number of fused-ring (bicyclic) bond motifs is 1. The zero-order chi connectivity index (χ0) is 32.4. The lowest BCUT2D eigenvalue weighted by molar-refractivity contribution is -0.111. The molecule has 4 rings (SSSR count). The second-order valence-corrected chi connectivity index (χ2v) is 12.5. The molecular weight excluding hydrogens is 621 g/mol. The maximum atomic E-state index is 13.5. The molecule has 0 saturated carbocycles. The number of anilines is 3. The van der Waals surface area contributed by atoms with Crippen molar-refractivity contribution in [3.8, 4) is 17.6 Å². The van der Waals surface area contributed by atoms with Gasteiger partial charge in [0.2, 0.25) is 5.91 Å². The summed E-state index contributed by atoms with van der Waals surface area (Å²) >= 11 is 6.49. The van der Waals surface area contributed by atoms with Crippen LogP contribution in [0.2, 0.25) is 5.02 Å². The van der Waals surface area contributed by atoms with Gasteiger partial charge in [0.15, 0.2) is 0 Å². The van der Waals surface area contributed by atoms with Crippen LogP contribution in [0.5, 0.6) is 11.5 Å². The van der Waals surface area contributed by atoms with Gasteiger partial charge in [-0.2, -0.15) is 5.26 Å². The third-order valence-electron chi connectivity index (χ3n) is 6.31. The second kappa shape index (κ2) is 15.3. The molecular formula is C32H31ClFN5O5S. The summed E-state index contributed by atoms with van der Waals surface area (Å²) in [6.45, 7) is 2.85. The first-order chi connectivity index (χ1) is 21.6. The minimum atomic E-state index is -3.08. The van der Waals surface area contributed by atoms with Crippen LogP contribution in [0.4, 0.5) is 21.5 Å². The molecule has 45 heavy (non-hydrogen) atoms. The third-order valence-corrected chi connectivity index (χ3v) is 7.55. The Morgan fingerprint density at radius 3 is 2.67 bits per heavy atom. The summed E-state index contributed by atoms with van der Waals surface area (Å²) in [6, 6.07) is 16.6. The Morgan fingerprint density at radius 1 is 1.13 bits per heavy atom. The molecule has 0 radical (unpaired) electrons. The molecule has 0 saturated heterocycles. The minimum Gasteiger partial charge on any atom is -0.492 e. The molecule has 0 fully saturated rings. The lowest BCUT2D eigenvalue weighted by Crippen LogP contribution is -2.22. The summed E-state index contributed by atoms with van der Waals surface area (Å²) in [5.74, 6) is 0.00118. The predicted octanol–water partition coefficient (Wildman–Crippen LogP) is 5.75. The molecule has 0 aliphatic heterocycles. The number of carbonyl (C=O) groups excluding carboxylic acids is 1. The summed E-state index contributed by atoms with van der Waals surface area (Å²) < 4.78 is 47.5. The van der Waals surface area contributed by atoms with Crippen LogP contribution in [0, 0.1) is 17.1 Å². The highest BCUT2D eigenvalue weighted by molar-refractivity contribution is 7.90. The number of carbonyl (C=O) groups is 1. The lowest BCUT2D eigenvalue weighted by Gasteiger charge is -2.16. The van der Waals surface area contributed by atoms with E-state index in [1.54, 1.807) is 48.5 Å². The van der Waals surface area contributed by atoms with E-state index in [1.807, 2.05) is 6.92 Å². The van der Waals surface area contributed by atoms with Gasteiger partial charge in [-0.05, 0) is 48.9 Å². The quantitative estimate of drug-likeness (QED) is 0.115. The van der Waals surface area contributed by atoms with Gasteiger partial charge in [-0.3, -0.25) is 9.78 Å². The summed E-state index contributed by atoms with van der Waals surface area (Å²) in [5, 5.41) is 19.7. The van der Waals surface area contributed by atoms with Gasteiger partial charge in [-0.15, -0.1) is 0 Å². The predicted molar refractivity (Wildman–Crippen MR) is 173 cm³/mol. The van der Waals surface area contributed by atoms with Gasteiger partial charge >= 0.3 is 0 Å². The van der Waals surface area contributed by atoms with Crippen LogP contribution in [0.25, 0.3) is 10.9 Å². The normalized spacial score (nSPS) is 11.4. The number of ether oxygens (including phenoxy) is 2. The number of nitrogens with one attached hydrogen (secondary N) is 3. The molecule has 1 amide bonds. The van der Waals surface area contributed by atoms with Crippen LogP contribution in [-0.4, -0.2) is 51.0 Å². The van der Waals surface area contributed by atoms with Gasteiger partial charge in [0, 0.05) is 48.8 Å². The van der Waals surface area contributed by atoms with E-state index in [0.717, 1.165) is 6.26 Å². The molecule has 4 aromatic rings. The van der Waals surface area contributed by atoms with Crippen LogP contribution < -0.4 is 25.4 Å². The Bertz CT molecular complexity index is 1880. The smallest absolute Gasteiger partial charge is 0.248 e. The first-order valence-corrected chi connectivity index (χ1v) is 16.3. The highest BCUT2D eigenvalue weighted by Gasteiger charge is 2.16. The van der Waals surface area contributed by atoms with Crippen molar-refractivity contribution in [3.63, 3.8) is 0 Å². The third kappa shape index (κ3) is 9.64. The van der Waals surface area contributed by atoms with Crippen molar-refractivity contribution in [1.29, 1.82) is 5.26 Å². The van der Waals surface area contributed by atoms with Crippen LogP contribution >= 0.6 is 11.6 Å². The fourth-order valence-electron chi connectivity index (χ4n) is 4.22. The molecule has 0 aliphatic carbocycles. The fraction of sp³-hybridized carbons (Fsp3) is 0.219. The number of hydrogen-bond acceptors (Lipinski definition) is 9. The van der Waals surface area contributed by atoms with E-state index in [-0.39, 0.29) is 30.3 Å². The number of hydrogen-bond donors (Lipinski definition) is 3. The zero-order valence-electron chi connectivity index (χ0n) is 24.6. The highest BCUT2D eigenvalue weighted by atomic mass is 35.5. The van der Waals surface area contributed by atoms with Crippen molar-refractivity contribution < 1.29 is 27.1 Å². The molecule has 0 spiro atoms. The number of halogens is 2. The van der Waals surface area contributed by atoms with Crippen LogP contribution in [0.15, 0.2) is 72.9 Å². The van der Waals surface area contributed by atoms with Gasteiger partial charge in [0.1, 0.15) is 39.8 Å². The first kappa shape index (κ1) is 33.2. The number of nitriles is 1. The number of amides is 1. The number of aromatic nitrogens is 1. The fourth-order valence-corrected chi connectivity index (χ4v) is 4.97. The van der Waals surface area contributed by atoms with Crippen molar-refractivity contribution in [2.75, 3.05) is 42.3 Å². The molecule has 3 N–H and O–H groups in total. The second-order valence-electron chi connectivity index (χ2n) is 9.87. The van der Waals surface area contributed by atoms with Crippen LogP contribution in [0.1, 0.15) is 18.1 Å². The number of benzene rings is 3. The van der Waals surface area contributed by atoms with E-state index in [4.69, 9.17) is 21.1 Å². The number of sulfone groups is 1. The summed E-state index contributed by atoms with van der Waals surface area (Å²) in [6.07, 6.45) is 5.51. The summed E-state index contributed by atoms with van der Waals surface area (Å²) in [5.41, 5.74) is 2.80. The van der Waals surface area contributed by atoms with Gasteiger partial charge in [-0.1, -0.05) is 29.8 Å². The average molecular weight is 652 g/mol. The monoisotopic (exact) mass is 651 g/mol. The summed E-state index contributed by atoms with van der Waals surface area (Å²) in [7, 11) is -3.08. The van der Waals surface area contributed by atoms with Gasteiger partial charge in [0.25, 0.3) is 0 Å². The van der Waals surface area contributed by atoms with Crippen molar-refractivity contribution in [2.24, 2.45) is 0 Å². The maximum absolute atomic E-state index is 13.5. The molecule has 234 valence electrons. The van der Waals surface area contributed by atoms with Crippen LogP contribution in [-0.2, 0) is 21.2 Å². The Balaban J connectivity index is 1.55. The van der Waals surface area contributed by atoms with E-state index < -0.39 is 15.7 Å². The Hall–Kier alpha value is -4.70. The molecule has 0 aliphatic rings. The van der Waals surface area contributed by atoms with E-state index >= 15 is 0 Å². The molecule has 0 bridgehead atoms. The van der Waals surface area contributed by atoms with Gasteiger partial charge in [0.05, 0.1) is 39.8 Å². The van der Waals surface area contributed by atoms with E-state index in [1.165, 1.54) is 24.4 Å². The van der Waals surface area contributed by atoms with Gasteiger partial charge in [-0.25, -0.2) is 12.8 Å². The SMILES string of the molecule is CCOc1cc2ncc(C#N)c(Nc3ccc(OCc4cccc(F)c4)c(Cl)c3)c2cc1NC(=O)/C=C/CNCCS(C)(=O)=O. The molecule has 1 aromatic heterocycles. The molecule has 1 heterocycles. The summed E-state index contributed by atoms with van der Waals surface area (Å²) in [4.78, 5) is 17.1. The van der Waals surface area contributed by atoms with Crippen molar-refractivity contribution >= 4 is 55.3 Å². The molecule has 10 nitrogen and oxygen atoms in total. The first-order valence-electron chi connectivity index (χ1n) is 13.9. The minimum absolute atomic E-state index is 0.00235. The van der Waals surface area contributed by atoms with Crippen molar-refractivity contribution in [2.45, 2.75) is 13.5 Å². The Kier molecular flexibility index (Phi) is 11.3. The maximum Gasteiger partial charge on any atom is 0.248 e. The van der Waals surface area contributed by atoms with E-state index in [9.17, 15) is 22.9 Å². The zero-order valence-corrected chi connectivity index (χ0v) is 26.1. The van der Waals surface area contributed by atoms with Gasteiger partial charge < -0.3 is 25.4 Å². The molecule has 3 aromatic carbocycles. The largest absolute Gasteiger partial charge is 0.492 e. The highest BCUT2D eigenvalue weighted by Crippen LogP contribution is 2.37. The Labute approximate surface area is 265 Å². The van der Waals surface area contributed by atoms with Crippen LogP contribution in [0.3, 0.4) is 0 Å². The Morgan fingerprint density at radius 2 is 1.96 bits per heavy atom. The lowest BCUT2D eigenvalue weighted by atomic mass is 10.1. The molecule has 13 heteroatoms. The van der Waals surface area contributed by atoms with Crippen molar-refractivity contribution in [1.82, 2.24) is 10.3 Å². The topological polar surface area (TPSA) is 142 Å². The standard InChI is InChI=1S/C32H31ClFN5O5S/c1-3-43-30-17-27-25(16-28(30)39-31(40)8-5-11-36-12-13-45(2,41)42)32(22(18-35)19-37-27)38-24-9-10-29(26(33)15-24)44-20-21-6-4-7-23(34)14-21/h4-10,14-17,19,36H,3,11-13,20H2,1-2H3,(H,37,38)(H,39,40)/b8-5+. The van der Waals surface area contributed by atoms with Crippen molar-refractivity contribution in [3.05, 3.63) is 94.9 Å².